The van der Waals surface area contributed by atoms with E-state index in [0.29, 0.717) is 10.6 Å². The number of rotatable bonds is 2. The number of thiazole rings is 1. The second-order valence-electron chi connectivity index (χ2n) is 4.13. The lowest BCUT2D eigenvalue weighted by Crippen LogP contribution is -2.10. The van der Waals surface area contributed by atoms with Crippen molar-refractivity contribution in [2.45, 2.75) is 26.6 Å². The molecule has 0 aliphatic heterocycles. The second-order valence-corrected chi connectivity index (χ2v) is 5.21. The van der Waals surface area contributed by atoms with Crippen molar-refractivity contribution in [3.8, 4) is 10.6 Å². The van der Waals surface area contributed by atoms with Gasteiger partial charge in [-0.2, -0.15) is 13.2 Å². The first kappa shape index (κ1) is 14.0. The number of aryl methyl sites for hydroxylation is 2. The number of aromatic nitrogens is 2. The fraction of sp³-hybridized carbons (Fsp3) is 0.333. The molecule has 2 N–H and O–H groups in total. The topological polar surface area (TPSA) is 51.8 Å². The molecule has 2 aromatic rings. The molecule has 3 nitrogen and oxygen atoms in total. The highest BCUT2D eigenvalue weighted by atomic mass is 32.1. The van der Waals surface area contributed by atoms with Crippen LogP contribution in [0.4, 0.5) is 13.2 Å². The van der Waals surface area contributed by atoms with Gasteiger partial charge in [0.25, 0.3) is 0 Å². The van der Waals surface area contributed by atoms with Gasteiger partial charge in [0.1, 0.15) is 5.01 Å². The molecule has 0 atom stereocenters. The molecular weight excluding hydrogens is 275 g/mol. The number of hydrogen-bond acceptors (Lipinski definition) is 4. The molecule has 0 amide bonds. The lowest BCUT2D eigenvalue weighted by molar-refractivity contribution is -0.141. The molecule has 2 aromatic heterocycles. The van der Waals surface area contributed by atoms with Crippen LogP contribution in [0.25, 0.3) is 10.6 Å². The molecule has 0 aliphatic rings. The number of hydrogen-bond donors (Lipinski definition) is 1. The summed E-state index contributed by atoms with van der Waals surface area (Å²) in [4.78, 5) is 7.93. The van der Waals surface area contributed by atoms with Gasteiger partial charge >= 0.3 is 6.18 Å². The zero-order chi connectivity index (χ0) is 14.2. The van der Waals surface area contributed by atoms with E-state index in [1.807, 2.05) is 0 Å². The standard InChI is InChI=1S/C12H12F3N3S/c1-6-3-8(4-7(2)17-6)11-18-10(12(13,14)15)9(5-16)19-11/h3-4H,5,16H2,1-2H3. The quantitative estimate of drug-likeness (QED) is 0.922. The van der Waals surface area contributed by atoms with Crippen molar-refractivity contribution in [3.05, 3.63) is 34.1 Å². The molecule has 102 valence electrons. The molecule has 7 heteroatoms. The van der Waals surface area contributed by atoms with Gasteiger partial charge in [-0.25, -0.2) is 4.98 Å². The van der Waals surface area contributed by atoms with E-state index in [9.17, 15) is 13.2 Å². The van der Waals surface area contributed by atoms with Crippen LogP contribution in [0.1, 0.15) is 22.0 Å². The van der Waals surface area contributed by atoms with Crippen LogP contribution in [0.2, 0.25) is 0 Å². The van der Waals surface area contributed by atoms with Gasteiger partial charge in [0.15, 0.2) is 5.69 Å². The smallest absolute Gasteiger partial charge is 0.326 e. The summed E-state index contributed by atoms with van der Waals surface area (Å²) in [6, 6.07) is 3.43. The van der Waals surface area contributed by atoms with E-state index < -0.39 is 11.9 Å². The Bertz CT molecular complexity index is 585. The third-order valence-corrected chi connectivity index (χ3v) is 3.61. The monoisotopic (exact) mass is 287 g/mol. The van der Waals surface area contributed by atoms with E-state index in [-0.39, 0.29) is 11.4 Å². The largest absolute Gasteiger partial charge is 0.434 e. The van der Waals surface area contributed by atoms with E-state index in [1.165, 1.54) is 0 Å². The molecule has 0 radical (unpaired) electrons. The minimum Gasteiger partial charge on any atom is -0.326 e. The number of nitrogens with zero attached hydrogens (tertiary/aromatic N) is 2. The number of pyridine rings is 1. The van der Waals surface area contributed by atoms with E-state index in [1.54, 1.807) is 26.0 Å². The summed E-state index contributed by atoms with van der Waals surface area (Å²) < 4.78 is 38.4. The van der Waals surface area contributed by atoms with Crippen LogP contribution in [0.15, 0.2) is 12.1 Å². The first-order valence-corrected chi connectivity index (χ1v) is 6.35. The normalized spacial score (nSPS) is 11.9. The van der Waals surface area contributed by atoms with Crippen molar-refractivity contribution in [1.29, 1.82) is 0 Å². The molecule has 0 aromatic carbocycles. The molecule has 0 saturated carbocycles. The van der Waals surface area contributed by atoms with E-state index >= 15 is 0 Å². The molecule has 0 bridgehead atoms. The van der Waals surface area contributed by atoms with Gasteiger partial charge < -0.3 is 5.73 Å². The fourth-order valence-electron chi connectivity index (χ4n) is 1.79. The number of halogens is 3. The summed E-state index contributed by atoms with van der Waals surface area (Å²) in [7, 11) is 0. The maximum absolute atomic E-state index is 12.8. The summed E-state index contributed by atoms with van der Waals surface area (Å²) in [6.45, 7) is 3.41. The van der Waals surface area contributed by atoms with Crippen LogP contribution in [0, 0.1) is 13.8 Å². The van der Waals surface area contributed by atoms with E-state index in [2.05, 4.69) is 9.97 Å². The van der Waals surface area contributed by atoms with Gasteiger partial charge in [-0.05, 0) is 26.0 Å². The van der Waals surface area contributed by atoms with E-state index in [4.69, 9.17) is 5.73 Å². The van der Waals surface area contributed by atoms with Crippen LogP contribution in [-0.2, 0) is 12.7 Å². The van der Waals surface area contributed by atoms with Gasteiger partial charge in [-0.15, -0.1) is 11.3 Å². The third kappa shape index (κ3) is 2.93. The zero-order valence-electron chi connectivity index (χ0n) is 10.4. The lowest BCUT2D eigenvalue weighted by atomic mass is 10.2. The van der Waals surface area contributed by atoms with Crippen molar-refractivity contribution in [3.63, 3.8) is 0 Å². The molecule has 2 rings (SSSR count). The summed E-state index contributed by atoms with van der Waals surface area (Å²) >= 11 is 0.973. The van der Waals surface area contributed by atoms with Crippen molar-refractivity contribution in [1.82, 2.24) is 9.97 Å². The van der Waals surface area contributed by atoms with Gasteiger partial charge in [0, 0.05) is 23.5 Å². The Morgan fingerprint density at radius 2 is 1.74 bits per heavy atom. The SMILES string of the molecule is Cc1cc(-c2nc(C(F)(F)F)c(CN)s2)cc(C)n1. The highest BCUT2D eigenvalue weighted by Gasteiger charge is 2.37. The fourth-order valence-corrected chi connectivity index (χ4v) is 2.74. The Morgan fingerprint density at radius 1 is 1.16 bits per heavy atom. The first-order chi connectivity index (χ1) is 8.81. The molecule has 0 spiro atoms. The number of alkyl halides is 3. The first-order valence-electron chi connectivity index (χ1n) is 5.54. The van der Waals surface area contributed by atoms with Gasteiger partial charge in [0.2, 0.25) is 0 Å². The molecule has 0 fully saturated rings. The van der Waals surface area contributed by atoms with Gasteiger partial charge in [-0.1, -0.05) is 0 Å². The number of nitrogens with two attached hydrogens (primary N) is 1. The van der Waals surface area contributed by atoms with Crippen molar-refractivity contribution in [2.75, 3.05) is 0 Å². The average Bonchev–Trinajstić information content (AvgIpc) is 2.71. The Balaban J connectivity index is 2.55. The Labute approximate surface area is 112 Å². The van der Waals surface area contributed by atoms with Crippen LogP contribution in [-0.4, -0.2) is 9.97 Å². The van der Waals surface area contributed by atoms with Gasteiger partial charge in [0.05, 0.1) is 4.88 Å². The summed E-state index contributed by atoms with van der Waals surface area (Å²) in [5, 5.41) is 0.321. The minimum absolute atomic E-state index is 0.0506. The summed E-state index contributed by atoms with van der Waals surface area (Å²) in [5.74, 6) is 0. The molecule has 0 saturated heterocycles. The Hall–Kier alpha value is -1.47. The Morgan fingerprint density at radius 3 is 2.16 bits per heavy atom. The van der Waals surface area contributed by atoms with Crippen molar-refractivity contribution < 1.29 is 13.2 Å². The molecule has 2 heterocycles. The van der Waals surface area contributed by atoms with Crippen LogP contribution < -0.4 is 5.73 Å². The predicted molar refractivity (Wildman–Crippen MR) is 67.7 cm³/mol. The zero-order valence-corrected chi connectivity index (χ0v) is 11.2. The second kappa shape index (κ2) is 4.90. The van der Waals surface area contributed by atoms with Gasteiger partial charge in [-0.3, -0.25) is 4.98 Å². The predicted octanol–water partition coefficient (Wildman–Crippen LogP) is 3.30. The average molecular weight is 287 g/mol. The van der Waals surface area contributed by atoms with Crippen molar-refractivity contribution in [2.24, 2.45) is 5.73 Å². The van der Waals surface area contributed by atoms with Crippen LogP contribution in [0.3, 0.4) is 0 Å². The minimum atomic E-state index is -4.47. The maximum atomic E-state index is 12.8. The summed E-state index contributed by atoms with van der Waals surface area (Å²) in [5.41, 5.74) is 6.60. The van der Waals surface area contributed by atoms with E-state index in [0.717, 1.165) is 22.7 Å². The maximum Gasteiger partial charge on any atom is 0.434 e. The van der Waals surface area contributed by atoms with Crippen LogP contribution >= 0.6 is 11.3 Å². The summed E-state index contributed by atoms with van der Waals surface area (Å²) in [6.07, 6.45) is -4.47. The van der Waals surface area contributed by atoms with Crippen LogP contribution in [0.5, 0.6) is 0 Å². The highest BCUT2D eigenvalue weighted by molar-refractivity contribution is 7.15. The Kier molecular flexibility index (Phi) is 3.60. The molecular formula is C12H12F3N3S. The molecule has 0 unspecified atom stereocenters. The molecule has 0 aliphatic carbocycles. The lowest BCUT2D eigenvalue weighted by Gasteiger charge is -2.03. The third-order valence-electron chi connectivity index (χ3n) is 2.48. The highest BCUT2D eigenvalue weighted by Crippen LogP contribution is 2.37. The van der Waals surface area contributed by atoms with Crippen molar-refractivity contribution >= 4 is 11.3 Å². The molecule has 19 heavy (non-hydrogen) atoms.